The zero-order chi connectivity index (χ0) is 19.1. The van der Waals surface area contributed by atoms with E-state index >= 15 is 0 Å². The minimum Gasteiger partial charge on any atom is -0.462 e. The highest BCUT2D eigenvalue weighted by molar-refractivity contribution is 7.15. The summed E-state index contributed by atoms with van der Waals surface area (Å²) in [5.74, 6) is -1.14. The quantitative estimate of drug-likeness (QED) is 0.694. The standard InChI is InChI=1S/C18H25NO6S/c1-4-23-18(22)15-12(8-11(2)3)10-26-16(15)19-14(20)9-25-17(21)13-6-5-7-24-13/h10-11,13H,4-9H2,1-3H3,(H,19,20)/t13-/m1/s1. The Morgan fingerprint density at radius 1 is 1.35 bits per heavy atom. The van der Waals surface area contributed by atoms with Gasteiger partial charge in [0.1, 0.15) is 5.00 Å². The van der Waals surface area contributed by atoms with Crippen molar-refractivity contribution < 1.29 is 28.6 Å². The van der Waals surface area contributed by atoms with E-state index in [0.29, 0.717) is 35.9 Å². The average molecular weight is 383 g/mol. The molecule has 2 heterocycles. The Labute approximate surface area is 157 Å². The van der Waals surface area contributed by atoms with Crippen LogP contribution < -0.4 is 5.32 Å². The molecule has 1 fully saturated rings. The van der Waals surface area contributed by atoms with Crippen molar-refractivity contribution in [3.05, 3.63) is 16.5 Å². The molecule has 0 aliphatic carbocycles. The topological polar surface area (TPSA) is 90.9 Å². The van der Waals surface area contributed by atoms with Gasteiger partial charge in [0.05, 0.1) is 12.2 Å². The van der Waals surface area contributed by atoms with Crippen LogP contribution in [0.25, 0.3) is 0 Å². The summed E-state index contributed by atoms with van der Waals surface area (Å²) in [7, 11) is 0. The second-order valence-corrected chi connectivity index (χ2v) is 7.32. The van der Waals surface area contributed by atoms with Gasteiger partial charge in [-0.1, -0.05) is 13.8 Å². The lowest BCUT2D eigenvalue weighted by Gasteiger charge is -2.11. The molecule has 1 aromatic heterocycles. The number of esters is 2. The number of rotatable bonds is 8. The highest BCUT2D eigenvalue weighted by Crippen LogP contribution is 2.31. The lowest BCUT2D eigenvalue weighted by atomic mass is 10.0. The van der Waals surface area contributed by atoms with Crippen LogP contribution in [0.5, 0.6) is 0 Å². The highest BCUT2D eigenvalue weighted by Gasteiger charge is 2.26. The number of amides is 1. The molecule has 1 atom stereocenters. The summed E-state index contributed by atoms with van der Waals surface area (Å²) in [5, 5.41) is 4.91. The van der Waals surface area contributed by atoms with Crippen LogP contribution >= 0.6 is 11.3 Å². The molecule has 1 saturated heterocycles. The number of carbonyl (C=O) groups is 3. The normalized spacial score (nSPS) is 16.5. The summed E-state index contributed by atoms with van der Waals surface area (Å²) in [6.07, 6.45) is 1.53. The van der Waals surface area contributed by atoms with Crippen molar-refractivity contribution in [1.82, 2.24) is 0 Å². The van der Waals surface area contributed by atoms with E-state index in [1.807, 2.05) is 5.38 Å². The van der Waals surface area contributed by atoms with Crippen molar-refractivity contribution in [2.24, 2.45) is 5.92 Å². The van der Waals surface area contributed by atoms with E-state index < -0.39 is 30.6 Å². The Hall–Kier alpha value is -1.93. The van der Waals surface area contributed by atoms with Crippen LogP contribution in [0, 0.1) is 5.92 Å². The molecule has 0 radical (unpaired) electrons. The molecule has 1 amide bonds. The van der Waals surface area contributed by atoms with Crippen LogP contribution in [-0.4, -0.2) is 43.8 Å². The Morgan fingerprint density at radius 3 is 2.73 bits per heavy atom. The predicted octanol–water partition coefficient (Wildman–Crippen LogP) is 2.78. The zero-order valence-corrected chi connectivity index (χ0v) is 16.1. The number of thiophene rings is 1. The summed E-state index contributed by atoms with van der Waals surface area (Å²) in [6, 6.07) is 0. The fourth-order valence-corrected chi connectivity index (χ4v) is 3.64. The Kier molecular flexibility index (Phi) is 7.59. The Morgan fingerprint density at radius 2 is 2.12 bits per heavy atom. The number of nitrogens with one attached hydrogen (secondary N) is 1. The van der Waals surface area contributed by atoms with Crippen LogP contribution in [-0.2, 0) is 30.2 Å². The van der Waals surface area contributed by atoms with Gasteiger partial charge in [0, 0.05) is 6.61 Å². The van der Waals surface area contributed by atoms with Gasteiger partial charge < -0.3 is 19.5 Å². The molecule has 0 bridgehead atoms. The number of ether oxygens (including phenoxy) is 3. The molecule has 8 heteroatoms. The Balaban J connectivity index is 2.00. The maximum Gasteiger partial charge on any atom is 0.341 e. The molecule has 26 heavy (non-hydrogen) atoms. The molecule has 144 valence electrons. The number of anilines is 1. The molecule has 0 saturated carbocycles. The Bertz CT molecular complexity index is 648. The summed E-state index contributed by atoms with van der Waals surface area (Å²) in [6.45, 7) is 6.20. The first-order chi connectivity index (χ1) is 12.4. The second kappa shape index (κ2) is 9.68. The smallest absolute Gasteiger partial charge is 0.341 e. The van der Waals surface area contributed by atoms with Gasteiger partial charge in [0.15, 0.2) is 12.7 Å². The molecule has 1 aliphatic heterocycles. The summed E-state index contributed by atoms with van der Waals surface area (Å²) in [5.41, 5.74) is 1.22. The SMILES string of the molecule is CCOC(=O)c1c(CC(C)C)csc1NC(=O)COC(=O)[C@H]1CCCO1. The van der Waals surface area contributed by atoms with Crippen molar-refractivity contribution in [2.75, 3.05) is 25.1 Å². The number of hydrogen-bond acceptors (Lipinski definition) is 7. The minimum atomic E-state index is -0.586. The number of hydrogen-bond donors (Lipinski definition) is 1. The lowest BCUT2D eigenvalue weighted by molar-refractivity contribution is -0.156. The van der Waals surface area contributed by atoms with E-state index in [2.05, 4.69) is 19.2 Å². The van der Waals surface area contributed by atoms with Crippen LogP contribution in [0.1, 0.15) is 49.5 Å². The number of carbonyl (C=O) groups excluding carboxylic acids is 3. The first-order valence-corrected chi connectivity index (χ1v) is 9.65. The fourth-order valence-electron chi connectivity index (χ4n) is 2.66. The third kappa shape index (κ3) is 5.54. The molecule has 1 aliphatic rings. The highest BCUT2D eigenvalue weighted by atomic mass is 32.1. The lowest BCUT2D eigenvalue weighted by Crippen LogP contribution is -2.27. The minimum absolute atomic E-state index is 0.252. The maximum atomic E-state index is 12.3. The van der Waals surface area contributed by atoms with E-state index in [-0.39, 0.29) is 6.61 Å². The van der Waals surface area contributed by atoms with Crippen LogP contribution in [0.15, 0.2) is 5.38 Å². The van der Waals surface area contributed by atoms with Crippen LogP contribution in [0.3, 0.4) is 0 Å². The molecule has 0 unspecified atom stereocenters. The van der Waals surface area contributed by atoms with Gasteiger partial charge in [0.2, 0.25) is 0 Å². The van der Waals surface area contributed by atoms with Crippen LogP contribution in [0.4, 0.5) is 5.00 Å². The van der Waals surface area contributed by atoms with Crippen molar-refractivity contribution in [2.45, 2.75) is 46.1 Å². The predicted molar refractivity (Wildman–Crippen MR) is 97.4 cm³/mol. The van der Waals surface area contributed by atoms with Crippen molar-refractivity contribution in [3.8, 4) is 0 Å². The summed E-state index contributed by atoms with van der Waals surface area (Å²) < 4.78 is 15.3. The molecule has 0 spiro atoms. The van der Waals surface area contributed by atoms with Crippen LogP contribution in [0.2, 0.25) is 0 Å². The van der Waals surface area contributed by atoms with Gasteiger partial charge in [-0.25, -0.2) is 9.59 Å². The third-order valence-corrected chi connectivity index (χ3v) is 4.71. The average Bonchev–Trinajstić information content (AvgIpc) is 3.23. The van der Waals surface area contributed by atoms with E-state index in [1.165, 1.54) is 11.3 Å². The van der Waals surface area contributed by atoms with E-state index in [4.69, 9.17) is 14.2 Å². The summed E-state index contributed by atoms with van der Waals surface area (Å²) >= 11 is 1.26. The van der Waals surface area contributed by atoms with Crippen molar-refractivity contribution in [1.29, 1.82) is 0 Å². The van der Waals surface area contributed by atoms with Gasteiger partial charge >= 0.3 is 11.9 Å². The molecule has 1 aromatic rings. The molecule has 7 nitrogen and oxygen atoms in total. The van der Waals surface area contributed by atoms with Crippen molar-refractivity contribution >= 4 is 34.2 Å². The molecular formula is C18H25NO6S. The van der Waals surface area contributed by atoms with Gasteiger partial charge in [-0.3, -0.25) is 4.79 Å². The molecule has 0 aromatic carbocycles. The van der Waals surface area contributed by atoms with Crippen molar-refractivity contribution in [3.63, 3.8) is 0 Å². The molecular weight excluding hydrogens is 358 g/mol. The largest absolute Gasteiger partial charge is 0.462 e. The first kappa shape index (κ1) is 20.4. The van der Waals surface area contributed by atoms with Gasteiger partial charge in [-0.05, 0) is 43.0 Å². The maximum absolute atomic E-state index is 12.3. The van der Waals surface area contributed by atoms with Gasteiger partial charge in [0.25, 0.3) is 5.91 Å². The summed E-state index contributed by atoms with van der Waals surface area (Å²) in [4.78, 5) is 36.2. The molecule has 1 N–H and O–H groups in total. The van der Waals surface area contributed by atoms with E-state index in [9.17, 15) is 14.4 Å². The molecule has 2 rings (SSSR count). The first-order valence-electron chi connectivity index (χ1n) is 8.77. The van der Waals surface area contributed by atoms with E-state index in [0.717, 1.165) is 12.0 Å². The van der Waals surface area contributed by atoms with Gasteiger partial charge in [-0.2, -0.15) is 0 Å². The third-order valence-electron chi connectivity index (χ3n) is 3.77. The fraction of sp³-hybridized carbons (Fsp3) is 0.611. The van der Waals surface area contributed by atoms with Gasteiger partial charge in [-0.15, -0.1) is 11.3 Å². The van der Waals surface area contributed by atoms with E-state index in [1.54, 1.807) is 6.92 Å². The zero-order valence-electron chi connectivity index (χ0n) is 15.3. The monoisotopic (exact) mass is 383 g/mol. The second-order valence-electron chi connectivity index (χ2n) is 6.44.